The topological polar surface area (TPSA) is 38.0 Å². The van der Waals surface area contributed by atoms with Gasteiger partial charge in [-0.1, -0.05) is 40.9 Å². The summed E-state index contributed by atoms with van der Waals surface area (Å²) in [6.07, 6.45) is 5.55. The van der Waals surface area contributed by atoms with Crippen molar-refractivity contribution in [2.75, 3.05) is 13.1 Å². The first-order chi connectivity index (χ1) is 8.70. The van der Waals surface area contributed by atoms with Crippen molar-refractivity contribution in [3.8, 4) is 0 Å². The Morgan fingerprint density at radius 1 is 1.44 bits per heavy atom. The highest BCUT2D eigenvalue weighted by Gasteiger charge is 2.20. The van der Waals surface area contributed by atoms with Crippen LogP contribution in [-0.4, -0.2) is 13.1 Å². The summed E-state index contributed by atoms with van der Waals surface area (Å²) in [6.45, 7) is 3.85. The Hall–Kier alpha value is -0.380. The Morgan fingerprint density at radius 3 is 2.83 bits per heavy atom. The second-order valence-corrected chi connectivity index (χ2v) is 6.19. The summed E-state index contributed by atoms with van der Waals surface area (Å²) in [5.74, 6) is 1.03. The number of rotatable bonds is 7. The Balaban J connectivity index is 1.83. The molecule has 0 radical (unpaired) electrons. The van der Waals surface area contributed by atoms with Gasteiger partial charge in [0.05, 0.1) is 0 Å². The molecule has 0 aromatic heterocycles. The summed E-state index contributed by atoms with van der Waals surface area (Å²) >= 11 is 3.54. The summed E-state index contributed by atoms with van der Waals surface area (Å²) in [5.41, 5.74) is 8.44. The maximum Gasteiger partial charge on any atom is 0.0444 e. The van der Waals surface area contributed by atoms with Crippen molar-refractivity contribution in [1.82, 2.24) is 5.32 Å². The standard InChI is InChI=1S/C15H23BrN2/c1-11-9-13(6-7-14(11)16)15(10-17)18-8-2-3-12-4-5-12/h6-7,9,12,15,18H,2-5,8,10,17H2,1H3. The van der Waals surface area contributed by atoms with E-state index in [1.165, 1.54) is 36.8 Å². The van der Waals surface area contributed by atoms with Gasteiger partial charge in [-0.25, -0.2) is 0 Å². The molecule has 100 valence electrons. The number of nitrogens with one attached hydrogen (secondary N) is 1. The summed E-state index contributed by atoms with van der Waals surface area (Å²) in [5, 5.41) is 3.58. The highest BCUT2D eigenvalue weighted by molar-refractivity contribution is 9.10. The summed E-state index contributed by atoms with van der Waals surface area (Å²) < 4.78 is 1.16. The Kier molecular flexibility index (Phi) is 5.22. The van der Waals surface area contributed by atoms with E-state index < -0.39 is 0 Å². The lowest BCUT2D eigenvalue weighted by molar-refractivity contribution is 0.512. The molecule has 2 nitrogen and oxygen atoms in total. The number of halogens is 1. The van der Waals surface area contributed by atoms with Gasteiger partial charge < -0.3 is 11.1 Å². The molecule has 1 aliphatic carbocycles. The van der Waals surface area contributed by atoms with Gasteiger partial charge in [-0.3, -0.25) is 0 Å². The van der Waals surface area contributed by atoms with Crippen LogP contribution in [0.1, 0.15) is 42.9 Å². The molecule has 18 heavy (non-hydrogen) atoms. The third-order valence-corrected chi connectivity index (χ3v) is 4.59. The minimum atomic E-state index is 0.288. The molecular formula is C15H23BrN2. The van der Waals surface area contributed by atoms with E-state index in [1.807, 2.05) is 0 Å². The van der Waals surface area contributed by atoms with Crippen LogP contribution in [0.2, 0.25) is 0 Å². The molecule has 0 amide bonds. The molecule has 1 aromatic rings. The molecule has 0 aliphatic heterocycles. The lowest BCUT2D eigenvalue weighted by Gasteiger charge is -2.18. The molecule has 0 spiro atoms. The van der Waals surface area contributed by atoms with Gasteiger partial charge in [-0.15, -0.1) is 0 Å². The zero-order valence-corrected chi connectivity index (χ0v) is 12.7. The van der Waals surface area contributed by atoms with Gasteiger partial charge in [-0.2, -0.15) is 0 Å². The number of aryl methyl sites for hydroxylation is 1. The molecule has 1 unspecified atom stereocenters. The maximum absolute atomic E-state index is 5.87. The minimum Gasteiger partial charge on any atom is -0.329 e. The fraction of sp³-hybridized carbons (Fsp3) is 0.600. The largest absolute Gasteiger partial charge is 0.329 e. The molecule has 1 fully saturated rings. The predicted molar refractivity (Wildman–Crippen MR) is 80.6 cm³/mol. The van der Waals surface area contributed by atoms with Crippen molar-refractivity contribution in [2.45, 2.75) is 38.6 Å². The van der Waals surface area contributed by atoms with Crippen molar-refractivity contribution in [1.29, 1.82) is 0 Å². The Bertz CT molecular complexity index is 388. The number of hydrogen-bond donors (Lipinski definition) is 2. The average Bonchev–Trinajstić information content (AvgIpc) is 3.17. The van der Waals surface area contributed by atoms with Gasteiger partial charge in [0.1, 0.15) is 0 Å². The van der Waals surface area contributed by atoms with Crippen molar-refractivity contribution in [3.63, 3.8) is 0 Å². The van der Waals surface area contributed by atoms with Crippen molar-refractivity contribution >= 4 is 15.9 Å². The smallest absolute Gasteiger partial charge is 0.0444 e. The van der Waals surface area contributed by atoms with E-state index in [9.17, 15) is 0 Å². The average molecular weight is 311 g/mol. The second kappa shape index (κ2) is 6.69. The number of hydrogen-bond acceptors (Lipinski definition) is 2. The van der Waals surface area contributed by atoms with Crippen LogP contribution in [-0.2, 0) is 0 Å². The van der Waals surface area contributed by atoms with Crippen LogP contribution < -0.4 is 11.1 Å². The summed E-state index contributed by atoms with van der Waals surface area (Å²) in [4.78, 5) is 0. The Labute approximate surface area is 118 Å². The summed E-state index contributed by atoms with van der Waals surface area (Å²) in [6, 6.07) is 6.77. The van der Waals surface area contributed by atoms with Crippen LogP contribution in [0, 0.1) is 12.8 Å². The molecule has 0 bridgehead atoms. The molecule has 1 aliphatic rings. The number of benzene rings is 1. The quantitative estimate of drug-likeness (QED) is 0.756. The van der Waals surface area contributed by atoms with Gasteiger partial charge in [0.25, 0.3) is 0 Å². The maximum atomic E-state index is 5.87. The molecule has 3 N–H and O–H groups in total. The van der Waals surface area contributed by atoms with Crippen LogP contribution in [0.15, 0.2) is 22.7 Å². The first-order valence-corrected chi connectivity index (χ1v) is 7.69. The molecule has 2 rings (SSSR count). The lowest BCUT2D eigenvalue weighted by Crippen LogP contribution is -2.29. The molecule has 1 atom stereocenters. The van der Waals surface area contributed by atoms with Gasteiger partial charge >= 0.3 is 0 Å². The molecule has 0 saturated heterocycles. The molecule has 3 heteroatoms. The molecular weight excluding hydrogens is 288 g/mol. The zero-order chi connectivity index (χ0) is 13.0. The van der Waals surface area contributed by atoms with Gasteiger partial charge in [0.2, 0.25) is 0 Å². The molecule has 1 saturated carbocycles. The first-order valence-electron chi connectivity index (χ1n) is 6.90. The third-order valence-electron chi connectivity index (χ3n) is 3.70. The van der Waals surface area contributed by atoms with Crippen LogP contribution in [0.5, 0.6) is 0 Å². The van der Waals surface area contributed by atoms with Crippen LogP contribution >= 0.6 is 15.9 Å². The fourth-order valence-electron chi connectivity index (χ4n) is 2.30. The second-order valence-electron chi connectivity index (χ2n) is 5.34. The first kappa shape index (κ1) is 14.0. The highest BCUT2D eigenvalue weighted by atomic mass is 79.9. The van der Waals surface area contributed by atoms with E-state index in [-0.39, 0.29) is 6.04 Å². The minimum absolute atomic E-state index is 0.288. The van der Waals surface area contributed by atoms with Crippen molar-refractivity contribution in [2.24, 2.45) is 11.7 Å². The van der Waals surface area contributed by atoms with Crippen LogP contribution in [0.25, 0.3) is 0 Å². The van der Waals surface area contributed by atoms with Gasteiger partial charge in [0.15, 0.2) is 0 Å². The van der Waals surface area contributed by atoms with E-state index in [2.05, 4.69) is 46.4 Å². The molecule has 0 heterocycles. The van der Waals surface area contributed by atoms with E-state index in [0.717, 1.165) is 16.9 Å². The number of nitrogens with two attached hydrogens (primary N) is 1. The van der Waals surface area contributed by atoms with Crippen LogP contribution in [0.4, 0.5) is 0 Å². The van der Waals surface area contributed by atoms with E-state index >= 15 is 0 Å². The molecule has 1 aromatic carbocycles. The lowest BCUT2D eigenvalue weighted by atomic mass is 10.0. The van der Waals surface area contributed by atoms with E-state index in [1.54, 1.807) is 0 Å². The zero-order valence-electron chi connectivity index (χ0n) is 11.1. The van der Waals surface area contributed by atoms with Crippen molar-refractivity contribution in [3.05, 3.63) is 33.8 Å². The van der Waals surface area contributed by atoms with Gasteiger partial charge in [-0.05, 0) is 49.4 Å². The SMILES string of the molecule is Cc1cc(C(CN)NCCCC2CC2)ccc1Br. The van der Waals surface area contributed by atoms with Crippen molar-refractivity contribution < 1.29 is 0 Å². The normalized spacial score (nSPS) is 16.8. The summed E-state index contributed by atoms with van der Waals surface area (Å²) in [7, 11) is 0. The monoisotopic (exact) mass is 310 g/mol. The van der Waals surface area contributed by atoms with E-state index in [4.69, 9.17) is 5.73 Å². The van der Waals surface area contributed by atoms with E-state index in [0.29, 0.717) is 6.54 Å². The third kappa shape index (κ3) is 4.08. The highest BCUT2D eigenvalue weighted by Crippen LogP contribution is 2.33. The van der Waals surface area contributed by atoms with Crippen LogP contribution in [0.3, 0.4) is 0 Å². The fourth-order valence-corrected chi connectivity index (χ4v) is 2.54. The predicted octanol–water partition coefficient (Wildman–Crippen LogP) is 3.54. The Morgan fingerprint density at radius 2 is 2.22 bits per heavy atom. The van der Waals surface area contributed by atoms with Gasteiger partial charge in [0, 0.05) is 17.1 Å².